The van der Waals surface area contributed by atoms with Crippen LogP contribution in [0.4, 0.5) is 0 Å². The summed E-state index contributed by atoms with van der Waals surface area (Å²) in [7, 11) is 1.66. The van der Waals surface area contributed by atoms with Crippen molar-refractivity contribution < 1.29 is 4.74 Å². The quantitative estimate of drug-likeness (QED) is 0.444. The maximum absolute atomic E-state index is 13.2. The third kappa shape index (κ3) is 3.23. The van der Waals surface area contributed by atoms with Gasteiger partial charge in [0.2, 0.25) is 0 Å². The molecule has 0 bridgehead atoms. The van der Waals surface area contributed by atoms with Gasteiger partial charge in [-0.25, -0.2) is 4.98 Å². The van der Waals surface area contributed by atoms with Crippen molar-refractivity contribution in [3.05, 3.63) is 89.1 Å². The fraction of sp³-hybridized carbons (Fsp3) is 0.120. The number of fused-ring (bicyclic) bond motifs is 4. The van der Waals surface area contributed by atoms with Crippen LogP contribution in [0.5, 0.6) is 5.75 Å². The molecule has 6 aromatic rings. The summed E-state index contributed by atoms with van der Waals surface area (Å²) in [6, 6.07) is 17.6. The zero-order chi connectivity index (χ0) is 22.4. The zero-order valence-corrected chi connectivity index (χ0v) is 17.9. The van der Waals surface area contributed by atoms with Crippen molar-refractivity contribution in [2.24, 2.45) is 0 Å². The molecule has 0 fully saturated rings. The van der Waals surface area contributed by atoms with Gasteiger partial charge >= 0.3 is 0 Å². The van der Waals surface area contributed by atoms with E-state index < -0.39 is 0 Å². The third-order valence-electron chi connectivity index (χ3n) is 5.94. The molecule has 6 rings (SSSR count). The summed E-state index contributed by atoms with van der Waals surface area (Å²) >= 11 is 0. The number of hydrogen-bond donors (Lipinski definition) is 1. The first-order valence-electron chi connectivity index (χ1n) is 10.7. The van der Waals surface area contributed by atoms with E-state index in [1.165, 1.54) is 0 Å². The van der Waals surface area contributed by atoms with Crippen LogP contribution in [-0.4, -0.2) is 36.2 Å². The zero-order valence-electron chi connectivity index (χ0n) is 17.9. The maximum atomic E-state index is 13.2. The minimum atomic E-state index is -0.101. The molecule has 0 amide bonds. The number of aromatic nitrogens is 6. The van der Waals surface area contributed by atoms with Crippen LogP contribution in [0.1, 0.15) is 5.56 Å². The normalized spacial score (nSPS) is 11.5. The molecule has 0 spiro atoms. The molecular weight excluding hydrogens is 416 g/mol. The predicted octanol–water partition coefficient (Wildman–Crippen LogP) is 3.84. The van der Waals surface area contributed by atoms with E-state index in [2.05, 4.69) is 20.1 Å². The number of benzene rings is 2. The van der Waals surface area contributed by atoms with E-state index >= 15 is 0 Å². The van der Waals surface area contributed by atoms with Crippen molar-refractivity contribution in [3.63, 3.8) is 0 Å². The Bertz CT molecular complexity index is 1680. The van der Waals surface area contributed by atoms with Gasteiger partial charge in [0.15, 0.2) is 5.82 Å². The van der Waals surface area contributed by atoms with Crippen LogP contribution in [-0.2, 0) is 13.0 Å². The van der Waals surface area contributed by atoms with Gasteiger partial charge in [-0.2, -0.15) is 9.50 Å². The van der Waals surface area contributed by atoms with E-state index in [9.17, 15) is 4.79 Å². The van der Waals surface area contributed by atoms with Crippen molar-refractivity contribution >= 4 is 27.6 Å². The fourth-order valence-electron chi connectivity index (χ4n) is 4.18. The van der Waals surface area contributed by atoms with Gasteiger partial charge in [0.1, 0.15) is 5.75 Å². The largest absolute Gasteiger partial charge is 0.497 e. The molecule has 0 saturated carbocycles. The van der Waals surface area contributed by atoms with Crippen LogP contribution in [0.15, 0.2) is 78.0 Å². The number of H-pyrrole nitrogens is 1. The molecule has 0 radical (unpaired) electrons. The number of methoxy groups -OCH3 is 1. The Balaban J connectivity index is 1.35. The molecule has 8 heteroatoms. The van der Waals surface area contributed by atoms with Crippen molar-refractivity contribution in [2.45, 2.75) is 13.0 Å². The highest BCUT2D eigenvalue weighted by atomic mass is 16.5. The first-order chi connectivity index (χ1) is 16.2. The summed E-state index contributed by atoms with van der Waals surface area (Å²) in [5, 5.41) is 6.21. The van der Waals surface area contributed by atoms with Crippen molar-refractivity contribution in [2.75, 3.05) is 7.11 Å². The molecule has 4 aromatic heterocycles. The second kappa shape index (κ2) is 7.59. The summed E-state index contributed by atoms with van der Waals surface area (Å²) in [4.78, 5) is 25.4. The highest BCUT2D eigenvalue weighted by Crippen LogP contribution is 2.24. The summed E-state index contributed by atoms with van der Waals surface area (Å²) in [5.41, 5.74) is 3.67. The highest BCUT2D eigenvalue weighted by molar-refractivity contribution is 5.84. The Morgan fingerprint density at radius 2 is 1.94 bits per heavy atom. The van der Waals surface area contributed by atoms with Gasteiger partial charge in [0, 0.05) is 41.6 Å². The van der Waals surface area contributed by atoms with Crippen LogP contribution in [0.3, 0.4) is 0 Å². The Morgan fingerprint density at radius 3 is 2.79 bits per heavy atom. The minimum absolute atomic E-state index is 0.101. The lowest BCUT2D eigenvalue weighted by Crippen LogP contribution is -2.21. The standard InChI is InChI=1S/C25H20N6O2/c1-33-18-7-8-21-19(13-18)17(14-26-21)9-11-30-12-10-22-20(24(30)32)15-27-25-28-23(29-31(22)25)16-5-3-2-4-6-16/h2-8,10,12-15,26H,9,11H2,1H3. The number of aromatic amines is 1. The van der Waals surface area contributed by atoms with E-state index in [1.54, 1.807) is 22.4 Å². The summed E-state index contributed by atoms with van der Waals surface area (Å²) in [5.74, 6) is 1.85. The SMILES string of the molecule is COc1ccc2[nH]cc(CCn3ccc4c(cnc5nc(-c6ccccc6)nn54)c3=O)c2c1. The molecule has 0 aliphatic rings. The lowest BCUT2D eigenvalue weighted by molar-refractivity contribution is 0.415. The van der Waals surface area contributed by atoms with Crippen molar-refractivity contribution in [1.82, 2.24) is 29.1 Å². The Labute approximate surface area is 188 Å². The number of rotatable bonds is 5. The molecule has 4 heterocycles. The Kier molecular flexibility index (Phi) is 4.43. The van der Waals surface area contributed by atoms with Gasteiger partial charge in [-0.1, -0.05) is 30.3 Å². The first kappa shape index (κ1) is 19.2. The second-order valence-corrected chi connectivity index (χ2v) is 7.86. The minimum Gasteiger partial charge on any atom is -0.497 e. The summed E-state index contributed by atoms with van der Waals surface area (Å²) in [6.45, 7) is 0.545. The molecule has 162 valence electrons. The average molecular weight is 436 g/mol. The Morgan fingerprint density at radius 1 is 1.06 bits per heavy atom. The first-order valence-corrected chi connectivity index (χ1v) is 10.7. The molecule has 0 atom stereocenters. The summed E-state index contributed by atoms with van der Waals surface area (Å²) < 4.78 is 8.70. The van der Waals surface area contributed by atoms with Gasteiger partial charge in [-0.05, 0) is 36.2 Å². The van der Waals surface area contributed by atoms with Crippen LogP contribution >= 0.6 is 0 Å². The van der Waals surface area contributed by atoms with Gasteiger partial charge in [0.25, 0.3) is 11.3 Å². The average Bonchev–Trinajstić information content (AvgIpc) is 3.48. The van der Waals surface area contributed by atoms with Crippen LogP contribution in [0.25, 0.3) is 39.0 Å². The van der Waals surface area contributed by atoms with Gasteiger partial charge in [-0.3, -0.25) is 4.79 Å². The molecular formula is C25H20N6O2. The molecule has 8 nitrogen and oxygen atoms in total. The Hall–Kier alpha value is -4.46. The number of nitrogens with one attached hydrogen (secondary N) is 1. The number of nitrogens with zero attached hydrogens (tertiary/aromatic N) is 5. The molecule has 0 saturated heterocycles. The lowest BCUT2D eigenvalue weighted by Gasteiger charge is -2.08. The highest BCUT2D eigenvalue weighted by Gasteiger charge is 2.13. The van der Waals surface area contributed by atoms with Crippen LogP contribution in [0, 0.1) is 0 Å². The van der Waals surface area contributed by atoms with E-state index in [0.717, 1.165) is 27.8 Å². The topological polar surface area (TPSA) is 90.1 Å². The van der Waals surface area contributed by atoms with Gasteiger partial charge < -0.3 is 14.3 Å². The number of ether oxygens (including phenoxy) is 1. The predicted molar refractivity (Wildman–Crippen MR) is 127 cm³/mol. The molecule has 1 N–H and O–H groups in total. The lowest BCUT2D eigenvalue weighted by atomic mass is 10.1. The van der Waals surface area contributed by atoms with Crippen LogP contribution < -0.4 is 10.3 Å². The molecule has 0 aliphatic heterocycles. The van der Waals surface area contributed by atoms with Crippen molar-refractivity contribution in [3.8, 4) is 17.1 Å². The third-order valence-corrected chi connectivity index (χ3v) is 5.94. The molecule has 0 aliphatic carbocycles. The maximum Gasteiger partial charge on any atom is 0.261 e. The number of hydrogen-bond acceptors (Lipinski definition) is 5. The van der Waals surface area contributed by atoms with E-state index in [4.69, 9.17) is 4.74 Å². The molecule has 2 aromatic carbocycles. The van der Waals surface area contributed by atoms with Gasteiger partial charge in [-0.15, -0.1) is 5.10 Å². The van der Waals surface area contributed by atoms with E-state index in [1.807, 2.05) is 67.0 Å². The van der Waals surface area contributed by atoms with Gasteiger partial charge in [0.05, 0.1) is 18.0 Å². The van der Waals surface area contributed by atoms with E-state index in [0.29, 0.717) is 35.5 Å². The van der Waals surface area contributed by atoms with E-state index in [-0.39, 0.29) is 5.56 Å². The second-order valence-electron chi connectivity index (χ2n) is 7.86. The molecule has 33 heavy (non-hydrogen) atoms. The monoisotopic (exact) mass is 436 g/mol. The summed E-state index contributed by atoms with van der Waals surface area (Å²) in [6.07, 6.45) is 6.09. The van der Waals surface area contributed by atoms with Crippen molar-refractivity contribution in [1.29, 1.82) is 0 Å². The van der Waals surface area contributed by atoms with Crippen LogP contribution in [0.2, 0.25) is 0 Å². The molecule has 0 unspecified atom stereocenters. The fourth-order valence-corrected chi connectivity index (χ4v) is 4.18. The number of pyridine rings is 1. The number of aryl methyl sites for hydroxylation is 2. The smallest absolute Gasteiger partial charge is 0.261 e.